The van der Waals surface area contributed by atoms with Crippen molar-refractivity contribution >= 4 is 15.6 Å². The molecule has 4 nitrogen and oxygen atoms in total. The Bertz CT molecular complexity index is 389. The summed E-state index contributed by atoms with van der Waals surface area (Å²) in [5.74, 6) is 0.316. The van der Waals surface area contributed by atoms with Crippen LogP contribution in [0.1, 0.15) is 46.0 Å². The van der Waals surface area contributed by atoms with E-state index >= 15 is 0 Å². The molecule has 1 aliphatic rings. The summed E-state index contributed by atoms with van der Waals surface area (Å²) >= 11 is 0. The van der Waals surface area contributed by atoms with Crippen LogP contribution in [0.4, 0.5) is 0 Å². The van der Waals surface area contributed by atoms with Crippen LogP contribution in [0.5, 0.6) is 0 Å². The van der Waals surface area contributed by atoms with Crippen LogP contribution in [-0.4, -0.2) is 31.7 Å². The number of nitrogens with two attached hydrogens (primary N) is 1. The van der Waals surface area contributed by atoms with E-state index in [2.05, 4.69) is 0 Å². The molecular weight excluding hydrogens is 250 g/mol. The minimum atomic E-state index is -3.02. The van der Waals surface area contributed by atoms with Crippen molar-refractivity contribution in [2.75, 3.05) is 6.26 Å². The number of sulfone groups is 1. The molecule has 0 bridgehead atoms. The average molecular weight is 275 g/mol. The molecule has 3 unspecified atom stereocenters. The van der Waals surface area contributed by atoms with Crippen LogP contribution in [0.2, 0.25) is 0 Å². The van der Waals surface area contributed by atoms with Crippen LogP contribution in [-0.2, 0) is 14.6 Å². The van der Waals surface area contributed by atoms with Crippen LogP contribution < -0.4 is 5.73 Å². The van der Waals surface area contributed by atoms with E-state index in [0.29, 0.717) is 19.3 Å². The van der Waals surface area contributed by atoms with Crippen molar-refractivity contribution in [3.8, 4) is 0 Å². The van der Waals surface area contributed by atoms with Gasteiger partial charge in [0, 0.05) is 24.6 Å². The summed E-state index contributed by atoms with van der Waals surface area (Å²) < 4.78 is 23.1. The molecule has 0 aromatic rings. The maximum Gasteiger partial charge on any atom is 0.150 e. The van der Waals surface area contributed by atoms with E-state index in [-0.39, 0.29) is 28.9 Å². The Labute approximate surface area is 110 Å². The fraction of sp³-hybridized carbons (Fsp3) is 0.923. The Kier molecular flexibility index (Phi) is 5.34. The van der Waals surface area contributed by atoms with Gasteiger partial charge >= 0.3 is 0 Å². The Morgan fingerprint density at radius 3 is 2.44 bits per heavy atom. The van der Waals surface area contributed by atoms with Gasteiger partial charge in [-0.05, 0) is 25.2 Å². The van der Waals surface area contributed by atoms with Gasteiger partial charge in [0.05, 0.1) is 5.25 Å². The topological polar surface area (TPSA) is 77.2 Å². The van der Waals surface area contributed by atoms with E-state index in [9.17, 15) is 13.2 Å². The van der Waals surface area contributed by atoms with Gasteiger partial charge in [-0.15, -0.1) is 0 Å². The van der Waals surface area contributed by atoms with Crippen molar-refractivity contribution in [1.29, 1.82) is 0 Å². The molecule has 0 saturated heterocycles. The highest BCUT2D eigenvalue weighted by Gasteiger charge is 2.32. The highest BCUT2D eigenvalue weighted by molar-refractivity contribution is 7.91. The zero-order valence-electron chi connectivity index (χ0n) is 11.6. The quantitative estimate of drug-likeness (QED) is 0.825. The SMILES string of the molecule is CC(C)C(N)CC(=O)C1CCCC(S(C)(=O)=O)C1. The molecule has 1 fully saturated rings. The third kappa shape index (κ3) is 4.35. The molecule has 3 atom stereocenters. The summed E-state index contributed by atoms with van der Waals surface area (Å²) in [4.78, 5) is 12.1. The number of hydrogen-bond acceptors (Lipinski definition) is 4. The summed E-state index contributed by atoms with van der Waals surface area (Å²) in [7, 11) is -3.02. The Hall–Kier alpha value is -0.420. The summed E-state index contributed by atoms with van der Waals surface area (Å²) in [6, 6.07) is -0.115. The number of hydrogen-bond donors (Lipinski definition) is 1. The van der Waals surface area contributed by atoms with E-state index in [1.807, 2.05) is 13.8 Å². The lowest BCUT2D eigenvalue weighted by molar-refractivity contribution is -0.124. The van der Waals surface area contributed by atoms with Crippen molar-refractivity contribution in [1.82, 2.24) is 0 Å². The van der Waals surface area contributed by atoms with Crippen LogP contribution in [0.3, 0.4) is 0 Å². The molecule has 1 saturated carbocycles. The predicted molar refractivity (Wildman–Crippen MR) is 73.0 cm³/mol. The lowest BCUT2D eigenvalue weighted by Crippen LogP contribution is -2.35. The van der Waals surface area contributed by atoms with E-state index in [0.717, 1.165) is 12.8 Å². The number of Topliss-reactive ketones (excluding diaryl/α,β-unsaturated/α-hetero) is 1. The molecule has 0 heterocycles. The predicted octanol–water partition coefficient (Wildman–Crippen LogP) is 1.53. The number of carbonyl (C=O) groups is 1. The maximum absolute atomic E-state index is 12.1. The molecule has 0 radical (unpaired) electrons. The molecule has 0 aliphatic heterocycles. The van der Waals surface area contributed by atoms with Crippen molar-refractivity contribution in [2.24, 2.45) is 17.6 Å². The van der Waals surface area contributed by atoms with Crippen LogP contribution in [0.15, 0.2) is 0 Å². The monoisotopic (exact) mass is 275 g/mol. The highest BCUT2D eigenvalue weighted by Crippen LogP contribution is 2.30. The van der Waals surface area contributed by atoms with Gasteiger partial charge in [-0.3, -0.25) is 4.79 Å². The molecule has 0 spiro atoms. The standard InChI is InChI=1S/C13H25NO3S/c1-9(2)12(14)8-13(15)10-5-4-6-11(7-10)18(3,16)17/h9-12H,4-8,14H2,1-3H3. The van der Waals surface area contributed by atoms with E-state index in [4.69, 9.17) is 5.73 Å². The lowest BCUT2D eigenvalue weighted by Gasteiger charge is -2.28. The minimum absolute atomic E-state index is 0.108. The third-order valence-electron chi connectivity index (χ3n) is 3.98. The van der Waals surface area contributed by atoms with Gasteiger partial charge in [0.15, 0.2) is 0 Å². The Morgan fingerprint density at radius 2 is 1.94 bits per heavy atom. The first kappa shape index (κ1) is 15.6. The second kappa shape index (κ2) is 6.15. The number of ketones is 1. The van der Waals surface area contributed by atoms with Crippen molar-refractivity contribution in [3.63, 3.8) is 0 Å². The second-order valence-corrected chi connectivity index (χ2v) is 8.22. The van der Waals surface area contributed by atoms with Crippen LogP contribution in [0, 0.1) is 11.8 Å². The summed E-state index contributed by atoms with van der Waals surface area (Å²) in [6.45, 7) is 4.00. The third-order valence-corrected chi connectivity index (χ3v) is 5.62. The Balaban J connectivity index is 2.59. The normalized spacial score (nSPS) is 27.2. The van der Waals surface area contributed by atoms with Crippen molar-refractivity contribution in [3.05, 3.63) is 0 Å². The fourth-order valence-corrected chi connectivity index (χ4v) is 3.64. The van der Waals surface area contributed by atoms with Crippen molar-refractivity contribution < 1.29 is 13.2 Å². The molecule has 5 heteroatoms. The van der Waals surface area contributed by atoms with Gasteiger partial charge in [-0.1, -0.05) is 20.3 Å². The summed E-state index contributed by atoms with van der Waals surface area (Å²) in [5, 5.41) is -0.338. The Morgan fingerprint density at radius 1 is 1.33 bits per heavy atom. The minimum Gasteiger partial charge on any atom is -0.327 e. The van der Waals surface area contributed by atoms with Gasteiger partial charge in [0.1, 0.15) is 15.6 Å². The molecule has 1 rings (SSSR count). The highest BCUT2D eigenvalue weighted by atomic mass is 32.2. The molecule has 106 valence electrons. The molecule has 2 N–H and O–H groups in total. The van der Waals surface area contributed by atoms with Gasteiger partial charge in [-0.25, -0.2) is 8.42 Å². The van der Waals surface area contributed by atoms with Gasteiger partial charge in [0.2, 0.25) is 0 Å². The molecule has 0 amide bonds. The van der Waals surface area contributed by atoms with Gasteiger partial charge in [0.25, 0.3) is 0 Å². The van der Waals surface area contributed by atoms with Gasteiger partial charge < -0.3 is 5.73 Å². The zero-order chi connectivity index (χ0) is 13.9. The first-order chi connectivity index (χ1) is 8.21. The first-order valence-corrected chi connectivity index (χ1v) is 8.64. The molecule has 18 heavy (non-hydrogen) atoms. The van der Waals surface area contributed by atoms with E-state index in [1.165, 1.54) is 6.26 Å². The second-order valence-electron chi connectivity index (χ2n) is 5.89. The first-order valence-electron chi connectivity index (χ1n) is 6.69. The zero-order valence-corrected chi connectivity index (χ0v) is 12.4. The molecule has 1 aliphatic carbocycles. The average Bonchev–Trinajstić information content (AvgIpc) is 2.27. The summed E-state index contributed by atoms with van der Waals surface area (Å²) in [5.41, 5.74) is 5.91. The number of carbonyl (C=O) groups excluding carboxylic acids is 1. The molecule has 0 aromatic heterocycles. The molecule has 0 aromatic carbocycles. The maximum atomic E-state index is 12.1. The molecular formula is C13H25NO3S. The lowest BCUT2D eigenvalue weighted by atomic mass is 9.83. The van der Waals surface area contributed by atoms with Crippen molar-refractivity contribution in [2.45, 2.75) is 57.2 Å². The van der Waals surface area contributed by atoms with Crippen LogP contribution in [0.25, 0.3) is 0 Å². The van der Waals surface area contributed by atoms with Gasteiger partial charge in [-0.2, -0.15) is 0 Å². The fourth-order valence-electron chi connectivity index (χ4n) is 2.46. The largest absolute Gasteiger partial charge is 0.327 e. The smallest absolute Gasteiger partial charge is 0.150 e. The van der Waals surface area contributed by atoms with Crippen LogP contribution >= 0.6 is 0 Å². The van der Waals surface area contributed by atoms with E-state index in [1.54, 1.807) is 0 Å². The number of rotatable bonds is 5. The van der Waals surface area contributed by atoms with E-state index < -0.39 is 9.84 Å². The summed E-state index contributed by atoms with van der Waals surface area (Å²) in [6.07, 6.45) is 4.46.